The van der Waals surface area contributed by atoms with Crippen LogP contribution >= 0.6 is 11.3 Å². The zero-order valence-corrected chi connectivity index (χ0v) is 14.7. The molecule has 1 amide bonds. The molecule has 0 bridgehead atoms. The van der Waals surface area contributed by atoms with Gasteiger partial charge in [0, 0.05) is 23.6 Å². The summed E-state index contributed by atoms with van der Waals surface area (Å²) in [6.45, 7) is 0.702. The fourth-order valence-electron chi connectivity index (χ4n) is 3.00. The van der Waals surface area contributed by atoms with Gasteiger partial charge in [-0.2, -0.15) is 0 Å². The number of nitrogens with one attached hydrogen (secondary N) is 1. The molecule has 1 aromatic rings. The van der Waals surface area contributed by atoms with Crippen LogP contribution in [0.25, 0.3) is 0 Å². The summed E-state index contributed by atoms with van der Waals surface area (Å²) < 4.78 is 22.4. The molecule has 0 atom stereocenters. The molecule has 22 heavy (non-hydrogen) atoms. The Bertz CT molecular complexity index is 558. The van der Waals surface area contributed by atoms with Gasteiger partial charge in [0.2, 0.25) is 5.91 Å². The average molecular weight is 344 g/mol. The summed E-state index contributed by atoms with van der Waals surface area (Å²) in [6, 6.07) is 4.11. The van der Waals surface area contributed by atoms with Crippen LogP contribution in [0.4, 0.5) is 0 Å². The summed E-state index contributed by atoms with van der Waals surface area (Å²) >= 11 is 1.72. The molecule has 2 rings (SSSR count). The zero-order valence-electron chi connectivity index (χ0n) is 13.1. The summed E-state index contributed by atoms with van der Waals surface area (Å²) in [4.78, 5) is 13.4. The van der Waals surface area contributed by atoms with Crippen LogP contribution in [-0.4, -0.2) is 32.9 Å². The van der Waals surface area contributed by atoms with E-state index in [0.29, 0.717) is 12.5 Å². The molecule has 4 nitrogen and oxygen atoms in total. The molecule has 1 aliphatic rings. The number of carbonyl (C=O) groups excluding carboxylic acids is 1. The van der Waals surface area contributed by atoms with Crippen LogP contribution in [0.15, 0.2) is 17.5 Å². The van der Waals surface area contributed by atoms with Crippen molar-refractivity contribution < 1.29 is 13.2 Å². The quantitative estimate of drug-likeness (QED) is 0.828. The van der Waals surface area contributed by atoms with Gasteiger partial charge in [0.25, 0.3) is 0 Å². The number of hydrogen-bond acceptors (Lipinski definition) is 4. The molecule has 6 heteroatoms. The molecule has 0 saturated heterocycles. The first kappa shape index (κ1) is 17.5. The highest BCUT2D eigenvalue weighted by Crippen LogP contribution is 2.31. The molecular weight excluding hydrogens is 318 g/mol. The van der Waals surface area contributed by atoms with Crippen molar-refractivity contribution in [1.29, 1.82) is 0 Å². The van der Waals surface area contributed by atoms with Gasteiger partial charge in [-0.25, -0.2) is 8.42 Å². The molecule has 1 fully saturated rings. The Hall–Kier alpha value is -0.880. The Labute approximate surface area is 137 Å². The van der Waals surface area contributed by atoms with Crippen LogP contribution in [0.1, 0.15) is 37.0 Å². The Morgan fingerprint density at radius 1 is 1.32 bits per heavy atom. The third kappa shape index (κ3) is 6.08. The lowest BCUT2D eigenvalue weighted by molar-refractivity contribution is -0.126. The topological polar surface area (TPSA) is 63.2 Å². The molecule has 1 aromatic heterocycles. The maximum Gasteiger partial charge on any atom is 0.223 e. The van der Waals surface area contributed by atoms with E-state index in [9.17, 15) is 13.2 Å². The van der Waals surface area contributed by atoms with E-state index in [0.717, 1.165) is 38.5 Å². The molecule has 0 unspecified atom stereocenters. The van der Waals surface area contributed by atoms with E-state index in [2.05, 4.69) is 16.8 Å². The third-order valence-corrected chi connectivity index (χ3v) is 6.28. The molecule has 0 aromatic carbocycles. The van der Waals surface area contributed by atoms with Gasteiger partial charge in [-0.1, -0.05) is 6.07 Å². The van der Waals surface area contributed by atoms with E-state index in [1.54, 1.807) is 11.3 Å². The lowest BCUT2D eigenvalue weighted by Crippen LogP contribution is -2.34. The third-order valence-electron chi connectivity index (χ3n) is 4.37. The van der Waals surface area contributed by atoms with Gasteiger partial charge in [-0.3, -0.25) is 4.79 Å². The van der Waals surface area contributed by atoms with E-state index in [-0.39, 0.29) is 17.6 Å². The highest BCUT2D eigenvalue weighted by atomic mass is 32.2. The minimum absolute atomic E-state index is 0.109. The fourth-order valence-corrected chi connectivity index (χ4v) is 4.47. The second kappa shape index (κ2) is 8.11. The molecular formula is C16H25NO3S2. The molecule has 0 aliphatic heterocycles. The maximum atomic E-state index is 12.1. The van der Waals surface area contributed by atoms with Gasteiger partial charge < -0.3 is 5.32 Å². The first-order valence-corrected chi connectivity index (χ1v) is 10.9. The van der Waals surface area contributed by atoms with Crippen molar-refractivity contribution in [3.05, 3.63) is 22.4 Å². The molecule has 1 N–H and O–H groups in total. The highest BCUT2D eigenvalue weighted by molar-refractivity contribution is 7.90. The number of amides is 1. The van der Waals surface area contributed by atoms with E-state index < -0.39 is 9.84 Å². The van der Waals surface area contributed by atoms with Crippen LogP contribution < -0.4 is 5.32 Å². The SMILES string of the molecule is CS(=O)(=O)CCC1CCC(C(=O)NCCc2cccs2)CC1. The number of sulfone groups is 1. The van der Waals surface area contributed by atoms with Crippen molar-refractivity contribution in [3.8, 4) is 0 Å². The summed E-state index contributed by atoms with van der Waals surface area (Å²) in [7, 11) is -2.87. The molecule has 0 radical (unpaired) electrons. The fraction of sp³-hybridized carbons (Fsp3) is 0.688. The largest absolute Gasteiger partial charge is 0.356 e. The smallest absolute Gasteiger partial charge is 0.223 e. The van der Waals surface area contributed by atoms with Crippen molar-refractivity contribution in [2.75, 3.05) is 18.6 Å². The number of thiophene rings is 1. The van der Waals surface area contributed by atoms with E-state index in [4.69, 9.17) is 0 Å². The highest BCUT2D eigenvalue weighted by Gasteiger charge is 2.26. The normalized spacial score (nSPS) is 22.4. The van der Waals surface area contributed by atoms with Crippen molar-refractivity contribution in [3.63, 3.8) is 0 Å². The molecule has 0 spiro atoms. The second-order valence-corrected chi connectivity index (χ2v) is 9.55. The van der Waals surface area contributed by atoms with Crippen molar-refractivity contribution in [2.45, 2.75) is 38.5 Å². The van der Waals surface area contributed by atoms with E-state index in [1.165, 1.54) is 11.1 Å². The van der Waals surface area contributed by atoms with Crippen LogP contribution in [0.2, 0.25) is 0 Å². The Morgan fingerprint density at radius 3 is 2.64 bits per heavy atom. The van der Waals surface area contributed by atoms with E-state index >= 15 is 0 Å². The zero-order chi connectivity index (χ0) is 16.0. The van der Waals surface area contributed by atoms with Crippen LogP contribution in [0, 0.1) is 11.8 Å². The van der Waals surface area contributed by atoms with Crippen LogP contribution in [-0.2, 0) is 21.1 Å². The van der Waals surface area contributed by atoms with Crippen molar-refractivity contribution >= 4 is 27.1 Å². The maximum absolute atomic E-state index is 12.1. The monoisotopic (exact) mass is 343 g/mol. The molecule has 1 heterocycles. The summed E-state index contributed by atoms with van der Waals surface area (Å²) in [5.41, 5.74) is 0. The lowest BCUT2D eigenvalue weighted by Gasteiger charge is -2.27. The van der Waals surface area contributed by atoms with Crippen molar-refractivity contribution in [1.82, 2.24) is 5.32 Å². The Kier molecular flexibility index (Phi) is 6.44. The minimum atomic E-state index is -2.87. The first-order chi connectivity index (χ1) is 10.4. The molecule has 124 valence electrons. The lowest BCUT2D eigenvalue weighted by atomic mass is 9.80. The van der Waals surface area contributed by atoms with E-state index in [1.807, 2.05) is 6.07 Å². The molecule has 1 aliphatic carbocycles. The van der Waals surface area contributed by atoms with Crippen molar-refractivity contribution in [2.24, 2.45) is 11.8 Å². The number of hydrogen-bond donors (Lipinski definition) is 1. The van der Waals surface area contributed by atoms with Gasteiger partial charge in [0.15, 0.2) is 0 Å². The van der Waals surface area contributed by atoms with Gasteiger partial charge in [-0.05, 0) is 55.9 Å². The Balaban J connectivity index is 1.64. The van der Waals surface area contributed by atoms with Gasteiger partial charge in [0.05, 0.1) is 5.75 Å². The van der Waals surface area contributed by atoms with Crippen LogP contribution in [0.3, 0.4) is 0 Å². The standard InChI is InChI=1S/C16H25NO3S2/c1-22(19,20)12-9-13-4-6-14(7-5-13)16(18)17-10-8-15-3-2-11-21-15/h2-3,11,13-14H,4-10,12H2,1H3,(H,17,18). The predicted octanol–water partition coefficient (Wildman–Crippen LogP) is 2.65. The Morgan fingerprint density at radius 2 is 2.05 bits per heavy atom. The van der Waals surface area contributed by atoms with Crippen LogP contribution in [0.5, 0.6) is 0 Å². The minimum Gasteiger partial charge on any atom is -0.356 e. The van der Waals surface area contributed by atoms with Gasteiger partial charge in [0.1, 0.15) is 9.84 Å². The summed E-state index contributed by atoms with van der Waals surface area (Å²) in [6.07, 6.45) is 6.65. The van der Waals surface area contributed by atoms with Gasteiger partial charge in [-0.15, -0.1) is 11.3 Å². The summed E-state index contributed by atoms with van der Waals surface area (Å²) in [5.74, 6) is 1.01. The number of rotatable bonds is 7. The average Bonchev–Trinajstić information content (AvgIpc) is 2.98. The number of carbonyl (C=O) groups is 1. The summed E-state index contributed by atoms with van der Waals surface area (Å²) in [5, 5.41) is 5.08. The molecule has 1 saturated carbocycles. The predicted molar refractivity (Wildman–Crippen MR) is 90.8 cm³/mol. The first-order valence-electron chi connectivity index (χ1n) is 7.92. The second-order valence-electron chi connectivity index (χ2n) is 6.26. The van der Waals surface area contributed by atoms with Gasteiger partial charge >= 0.3 is 0 Å².